The van der Waals surface area contributed by atoms with Gasteiger partial charge in [0.1, 0.15) is 19.0 Å². The fraction of sp³-hybridized carbons (Fsp3) is 0.148. The summed E-state index contributed by atoms with van der Waals surface area (Å²) in [6.45, 7) is 2.01. The molecule has 2 N–H and O–H groups in total. The van der Waals surface area contributed by atoms with Crippen molar-refractivity contribution in [3.8, 4) is 11.5 Å². The van der Waals surface area contributed by atoms with Crippen LogP contribution in [-0.2, 0) is 11.4 Å². The number of ether oxygens (including phenoxy) is 2. The van der Waals surface area contributed by atoms with Gasteiger partial charge in [-0.15, -0.1) is 0 Å². The van der Waals surface area contributed by atoms with Crippen molar-refractivity contribution in [1.82, 2.24) is 14.8 Å². The zero-order valence-corrected chi connectivity index (χ0v) is 21.5. The summed E-state index contributed by atoms with van der Waals surface area (Å²) in [5.74, 6) is 1.27. The van der Waals surface area contributed by atoms with Crippen LogP contribution in [-0.4, -0.2) is 27.8 Å². The Balaban J connectivity index is 1.48. The molecule has 0 unspecified atom stereocenters. The molecule has 0 saturated heterocycles. The number of hydrogen-bond donors (Lipinski definition) is 2. The lowest BCUT2D eigenvalue weighted by atomic mass is 9.94. The van der Waals surface area contributed by atoms with E-state index in [0.717, 1.165) is 5.56 Å². The van der Waals surface area contributed by atoms with E-state index < -0.39 is 6.04 Å². The molecule has 0 radical (unpaired) electrons. The van der Waals surface area contributed by atoms with Crippen LogP contribution in [0.25, 0.3) is 0 Å². The van der Waals surface area contributed by atoms with Gasteiger partial charge in [-0.3, -0.25) is 4.79 Å². The first kappa shape index (κ1) is 24.7. The van der Waals surface area contributed by atoms with E-state index in [0.29, 0.717) is 50.0 Å². The van der Waals surface area contributed by atoms with E-state index in [4.69, 9.17) is 32.7 Å². The third-order valence-electron chi connectivity index (χ3n) is 6.01. The van der Waals surface area contributed by atoms with Gasteiger partial charge in [0.2, 0.25) is 5.95 Å². The lowest BCUT2D eigenvalue weighted by molar-refractivity contribution is -0.113. The molecule has 0 spiro atoms. The molecule has 8 nitrogen and oxygen atoms in total. The Hall–Kier alpha value is -4.01. The predicted octanol–water partition coefficient (Wildman–Crippen LogP) is 6.10. The predicted molar refractivity (Wildman–Crippen MR) is 143 cm³/mol. The van der Waals surface area contributed by atoms with Crippen LogP contribution >= 0.6 is 23.2 Å². The number of rotatable bonds is 7. The Kier molecular flexibility index (Phi) is 7.03. The number of halogens is 2. The normalized spacial score (nSPS) is 14.5. The third-order valence-corrected chi connectivity index (χ3v) is 6.72. The van der Waals surface area contributed by atoms with Crippen molar-refractivity contribution >= 4 is 40.7 Å². The number of carbonyl (C=O) groups excluding carboxylic acids is 1. The summed E-state index contributed by atoms with van der Waals surface area (Å²) < 4.78 is 13.3. The second kappa shape index (κ2) is 10.5. The fourth-order valence-corrected chi connectivity index (χ4v) is 4.71. The molecule has 0 bridgehead atoms. The molecule has 1 amide bonds. The highest BCUT2D eigenvalue weighted by Gasteiger charge is 2.34. The maximum Gasteiger partial charge on any atom is 0.255 e. The molecule has 10 heteroatoms. The standard InChI is InChI=1S/C27H23Cl2N5O3/c1-16-24(26(35)33-18-7-4-3-5-8-18)25(34-27(32-16)30-15-31-34)17-11-12-22(23(13-17)36-2)37-14-19-20(28)9-6-10-21(19)29/h3-13,15,25H,14H2,1-2H3,(H,33,35)(H,30,31,32)/t25-/m1/s1. The number of nitrogens with zero attached hydrogens (tertiary/aromatic N) is 3. The molecule has 37 heavy (non-hydrogen) atoms. The third kappa shape index (κ3) is 4.98. The van der Waals surface area contributed by atoms with E-state index in [-0.39, 0.29) is 12.5 Å². The molecule has 1 atom stereocenters. The monoisotopic (exact) mass is 535 g/mol. The number of methoxy groups -OCH3 is 1. The summed E-state index contributed by atoms with van der Waals surface area (Å²) in [6.07, 6.45) is 1.45. The number of carbonyl (C=O) groups is 1. The molecule has 0 fully saturated rings. The molecule has 5 rings (SSSR count). The van der Waals surface area contributed by atoms with Crippen LogP contribution in [0.1, 0.15) is 24.1 Å². The Labute approximate surface area is 223 Å². The maximum absolute atomic E-state index is 13.5. The number of benzene rings is 3. The first-order valence-corrected chi connectivity index (χ1v) is 12.2. The quantitative estimate of drug-likeness (QED) is 0.297. The zero-order valence-electron chi connectivity index (χ0n) is 20.0. The van der Waals surface area contributed by atoms with Gasteiger partial charge < -0.3 is 20.1 Å². The van der Waals surface area contributed by atoms with Crippen molar-refractivity contribution < 1.29 is 14.3 Å². The summed E-state index contributed by atoms with van der Waals surface area (Å²) in [6, 6.07) is 19.5. The molecule has 0 aliphatic carbocycles. The second-order valence-corrected chi connectivity index (χ2v) is 9.13. The minimum Gasteiger partial charge on any atom is -0.493 e. The topological polar surface area (TPSA) is 90.3 Å². The van der Waals surface area contributed by atoms with Crippen LogP contribution in [0.3, 0.4) is 0 Å². The van der Waals surface area contributed by atoms with E-state index >= 15 is 0 Å². The van der Waals surface area contributed by atoms with Crippen molar-refractivity contribution in [2.45, 2.75) is 19.6 Å². The van der Waals surface area contributed by atoms with Crippen LogP contribution in [0.5, 0.6) is 11.5 Å². The molecule has 0 saturated carbocycles. The van der Waals surface area contributed by atoms with Crippen molar-refractivity contribution in [3.63, 3.8) is 0 Å². The molecule has 188 valence electrons. The average molecular weight is 536 g/mol. The first-order valence-electron chi connectivity index (χ1n) is 11.4. The van der Waals surface area contributed by atoms with E-state index in [1.54, 1.807) is 36.1 Å². The fourth-order valence-electron chi connectivity index (χ4n) is 4.21. The minimum atomic E-state index is -0.552. The number of nitrogens with one attached hydrogen (secondary N) is 2. The summed E-state index contributed by atoms with van der Waals surface area (Å²) >= 11 is 12.6. The molecule has 1 aliphatic heterocycles. The van der Waals surface area contributed by atoms with Crippen LogP contribution in [0.4, 0.5) is 11.6 Å². The molecule has 3 aromatic carbocycles. The summed E-state index contributed by atoms with van der Waals surface area (Å²) in [4.78, 5) is 17.8. The second-order valence-electron chi connectivity index (χ2n) is 8.31. The Morgan fingerprint density at radius 2 is 1.81 bits per heavy atom. The Bertz CT molecular complexity index is 1470. The maximum atomic E-state index is 13.5. The van der Waals surface area contributed by atoms with E-state index in [9.17, 15) is 4.79 Å². The van der Waals surface area contributed by atoms with Gasteiger partial charge in [-0.25, -0.2) is 4.68 Å². The lowest BCUT2D eigenvalue weighted by Crippen LogP contribution is -2.31. The van der Waals surface area contributed by atoms with Gasteiger partial charge >= 0.3 is 0 Å². The van der Waals surface area contributed by atoms with E-state index in [2.05, 4.69) is 20.7 Å². The van der Waals surface area contributed by atoms with Crippen LogP contribution in [0.15, 0.2) is 84.3 Å². The molecular formula is C27H23Cl2N5O3. The largest absolute Gasteiger partial charge is 0.493 e. The minimum absolute atomic E-state index is 0.165. The molecule has 1 aliphatic rings. The SMILES string of the molecule is COc1cc([C@@H]2C(C(=O)Nc3ccccc3)=C(C)Nc3ncnn32)ccc1OCc1c(Cl)cccc1Cl. The van der Waals surface area contributed by atoms with Crippen molar-refractivity contribution in [3.05, 3.63) is 105 Å². The van der Waals surface area contributed by atoms with Crippen molar-refractivity contribution in [2.24, 2.45) is 0 Å². The van der Waals surface area contributed by atoms with Gasteiger partial charge in [0, 0.05) is 27.0 Å². The number of para-hydroxylation sites is 1. The van der Waals surface area contributed by atoms with Gasteiger partial charge in [0.05, 0.1) is 12.7 Å². The van der Waals surface area contributed by atoms with Gasteiger partial charge in [-0.1, -0.05) is 53.5 Å². The lowest BCUT2D eigenvalue weighted by Gasteiger charge is -2.29. The number of aromatic nitrogens is 3. The highest BCUT2D eigenvalue weighted by Crippen LogP contribution is 2.39. The van der Waals surface area contributed by atoms with Gasteiger partial charge in [-0.05, 0) is 48.9 Å². The summed E-state index contributed by atoms with van der Waals surface area (Å²) in [5, 5.41) is 11.6. The Morgan fingerprint density at radius 3 is 2.54 bits per heavy atom. The first-order chi connectivity index (χ1) is 18.0. The number of amides is 1. The van der Waals surface area contributed by atoms with Gasteiger partial charge in [-0.2, -0.15) is 10.1 Å². The van der Waals surface area contributed by atoms with Gasteiger partial charge in [0.15, 0.2) is 11.5 Å². The number of anilines is 2. The zero-order chi connectivity index (χ0) is 25.9. The number of fused-ring (bicyclic) bond motifs is 1. The highest BCUT2D eigenvalue weighted by atomic mass is 35.5. The van der Waals surface area contributed by atoms with Crippen molar-refractivity contribution in [2.75, 3.05) is 17.7 Å². The highest BCUT2D eigenvalue weighted by molar-refractivity contribution is 6.35. The number of hydrogen-bond acceptors (Lipinski definition) is 6. The van der Waals surface area contributed by atoms with Gasteiger partial charge in [0.25, 0.3) is 5.91 Å². The summed E-state index contributed by atoms with van der Waals surface area (Å²) in [7, 11) is 1.56. The average Bonchev–Trinajstić information content (AvgIpc) is 3.36. The van der Waals surface area contributed by atoms with Crippen LogP contribution in [0.2, 0.25) is 10.0 Å². The smallest absolute Gasteiger partial charge is 0.255 e. The molecule has 4 aromatic rings. The van der Waals surface area contributed by atoms with Crippen LogP contribution < -0.4 is 20.1 Å². The Morgan fingerprint density at radius 1 is 1.05 bits per heavy atom. The van der Waals surface area contributed by atoms with E-state index in [1.165, 1.54) is 6.33 Å². The van der Waals surface area contributed by atoms with E-state index in [1.807, 2.05) is 49.4 Å². The van der Waals surface area contributed by atoms with Crippen LogP contribution in [0, 0.1) is 0 Å². The molecular weight excluding hydrogens is 513 g/mol. The number of allylic oxidation sites excluding steroid dienone is 1. The molecule has 2 heterocycles. The molecule has 1 aromatic heterocycles. The summed E-state index contributed by atoms with van der Waals surface area (Å²) in [5.41, 5.74) is 3.31. The van der Waals surface area contributed by atoms with Crippen molar-refractivity contribution in [1.29, 1.82) is 0 Å².